The molecule has 7 heteroatoms. The lowest BCUT2D eigenvalue weighted by Crippen LogP contribution is -2.33. The molecule has 1 amide bonds. The molecule has 4 aromatic rings. The van der Waals surface area contributed by atoms with Crippen molar-refractivity contribution in [1.29, 1.82) is 0 Å². The summed E-state index contributed by atoms with van der Waals surface area (Å²) in [5.41, 5.74) is 4.84. The van der Waals surface area contributed by atoms with Gasteiger partial charge in [0.15, 0.2) is 0 Å². The van der Waals surface area contributed by atoms with E-state index < -0.39 is 0 Å². The zero-order valence-electron chi connectivity index (χ0n) is 20.0. The third-order valence-corrected chi connectivity index (χ3v) is 5.71. The number of pyridine rings is 1. The smallest absolute Gasteiger partial charge is 0.244 e. The van der Waals surface area contributed by atoms with Crippen LogP contribution in [-0.2, 0) is 30.8 Å². The molecule has 180 valence electrons. The van der Waals surface area contributed by atoms with Crippen LogP contribution in [-0.4, -0.2) is 32.2 Å². The molecule has 2 heterocycles. The maximum absolute atomic E-state index is 13.3. The molecule has 0 atom stereocenters. The molecule has 6 nitrogen and oxygen atoms in total. The van der Waals surface area contributed by atoms with Crippen molar-refractivity contribution >= 4 is 5.91 Å². The predicted octanol–water partition coefficient (Wildman–Crippen LogP) is 4.88. The number of aromatic nitrogens is 3. The van der Waals surface area contributed by atoms with Gasteiger partial charge in [-0.25, -0.2) is 4.39 Å². The first-order chi connectivity index (χ1) is 17.0. The third-order valence-electron chi connectivity index (χ3n) is 5.71. The number of aryl methyl sites for hydroxylation is 2. The molecule has 0 saturated heterocycles. The van der Waals surface area contributed by atoms with E-state index in [9.17, 15) is 9.18 Å². The van der Waals surface area contributed by atoms with E-state index in [-0.39, 0.29) is 18.3 Å². The van der Waals surface area contributed by atoms with Gasteiger partial charge in [0, 0.05) is 37.6 Å². The fourth-order valence-electron chi connectivity index (χ4n) is 3.90. The van der Waals surface area contributed by atoms with Crippen LogP contribution in [0.15, 0.2) is 79.1 Å². The van der Waals surface area contributed by atoms with Crippen LogP contribution in [0.1, 0.15) is 28.1 Å². The van der Waals surface area contributed by atoms with Crippen molar-refractivity contribution < 1.29 is 13.9 Å². The number of hydrogen-bond acceptors (Lipinski definition) is 4. The molecule has 0 unspecified atom stereocenters. The third kappa shape index (κ3) is 6.99. The number of nitrogens with zero attached hydrogens (tertiary/aromatic N) is 4. The number of benzene rings is 2. The van der Waals surface area contributed by atoms with Crippen LogP contribution in [0.3, 0.4) is 0 Å². The largest absolute Gasteiger partial charge is 0.493 e. The number of rotatable bonds is 10. The van der Waals surface area contributed by atoms with Crippen molar-refractivity contribution in [3.63, 3.8) is 0 Å². The van der Waals surface area contributed by atoms with Gasteiger partial charge in [0.25, 0.3) is 0 Å². The second-order valence-corrected chi connectivity index (χ2v) is 8.56. The molecule has 0 aliphatic heterocycles. The first-order valence-corrected chi connectivity index (χ1v) is 11.6. The summed E-state index contributed by atoms with van der Waals surface area (Å²) < 4.78 is 20.8. The minimum absolute atomic E-state index is 0.0179. The number of carbonyl (C=O) groups is 1. The summed E-state index contributed by atoms with van der Waals surface area (Å²) in [7, 11) is 0. The van der Waals surface area contributed by atoms with Crippen LogP contribution in [0, 0.1) is 19.7 Å². The van der Waals surface area contributed by atoms with Crippen molar-refractivity contribution in [3.05, 3.63) is 113 Å². The summed E-state index contributed by atoms with van der Waals surface area (Å²) in [5.74, 6) is 0.473. The molecule has 0 fully saturated rings. The Balaban J connectivity index is 1.44. The van der Waals surface area contributed by atoms with Crippen LogP contribution >= 0.6 is 0 Å². The maximum atomic E-state index is 13.3. The standard InChI is InChI=1S/C28H29FN4O2/c1-21-16-22(2)33(31-21)20-28(34)32(18-24-10-13-30-14-11-24)19-25-4-3-5-27(17-25)35-15-12-23-6-8-26(29)9-7-23/h3-11,13-14,16-17H,12,15,18-20H2,1-2H3. The summed E-state index contributed by atoms with van der Waals surface area (Å²) in [6, 6.07) is 20.0. The Morgan fingerprint density at radius 1 is 0.943 bits per heavy atom. The van der Waals surface area contributed by atoms with E-state index in [1.807, 2.05) is 61.2 Å². The van der Waals surface area contributed by atoms with Crippen LogP contribution in [0.5, 0.6) is 5.75 Å². The maximum Gasteiger partial charge on any atom is 0.244 e. The molecule has 2 aromatic heterocycles. The summed E-state index contributed by atoms with van der Waals surface area (Å²) in [6.45, 7) is 5.44. The molecule has 0 N–H and O–H groups in total. The second-order valence-electron chi connectivity index (χ2n) is 8.56. The molecule has 2 aromatic carbocycles. The quantitative estimate of drug-likeness (QED) is 0.330. The molecule has 0 aliphatic carbocycles. The topological polar surface area (TPSA) is 60.2 Å². The predicted molar refractivity (Wildman–Crippen MR) is 132 cm³/mol. The van der Waals surface area contributed by atoms with E-state index in [1.54, 1.807) is 29.2 Å². The molecular formula is C28H29FN4O2. The van der Waals surface area contributed by atoms with E-state index in [2.05, 4.69) is 10.1 Å². The minimum atomic E-state index is -0.244. The first kappa shape index (κ1) is 24.1. The van der Waals surface area contributed by atoms with E-state index in [0.717, 1.165) is 33.8 Å². The fraction of sp³-hybridized carbons (Fsp3) is 0.250. The molecule has 0 spiro atoms. The highest BCUT2D eigenvalue weighted by atomic mass is 19.1. The Kier molecular flexibility index (Phi) is 7.88. The monoisotopic (exact) mass is 472 g/mol. The Morgan fingerprint density at radius 3 is 2.40 bits per heavy atom. The lowest BCUT2D eigenvalue weighted by atomic mass is 10.1. The average molecular weight is 473 g/mol. The van der Waals surface area contributed by atoms with E-state index in [1.165, 1.54) is 12.1 Å². The van der Waals surface area contributed by atoms with Crippen molar-refractivity contribution in [2.24, 2.45) is 0 Å². The van der Waals surface area contributed by atoms with Gasteiger partial charge >= 0.3 is 0 Å². The van der Waals surface area contributed by atoms with Crippen LogP contribution in [0.25, 0.3) is 0 Å². The molecule has 0 saturated carbocycles. The van der Waals surface area contributed by atoms with E-state index in [4.69, 9.17) is 4.74 Å². The summed E-state index contributed by atoms with van der Waals surface area (Å²) >= 11 is 0. The Bertz CT molecular complexity index is 1260. The molecule has 35 heavy (non-hydrogen) atoms. The molecular weight excluding hydrogens is 443 g/mol. The highest BCUT2D eigenvalue weighted by molar-refractivity contribution is 5.76. The number of carbonyl (C=O) groups excluding carboxylic acids is 1. The molecule has 0 aliphatic rings. The van der Waals surface area contributed by atoms with E-state index >= 15 is 0 Å². The zero-order chi connectivity index (χ0) is 24.6. The van der Waals surface area contributed by atoms with Crippen LogP contribution in [0.4, 0.5) is 4.39 Å². The number of halogens is 1. The van der Waals surface area contributed by atoms with E-state index in [0.29, 0.717) is 26.1 Å². The van der Waals surface area contributed by atoms with Gasteiger partial charge in [0.05, 0.1) is 12.3 Å². The summed E-state index contributed by atoms with van der Waals surface area (Å²) in [6.07, 6.45) is 4.14. The molecule has 0 radical (unpaired) electrons. The Morgan fingerprint density at radius 2 is 1.69 bits per heavy atom. The van der Waals surface area contributed by atoms with Gasteiger partial charge in [-0.3, -0.25) is 14.5 Å². The highest BCUT2D eigenvalue weighted by Gasteiger charge is 2.17. The minimum Gasteiger partial charge on any atom is -0.493 e. The number of ether oxygens (including phenoxy) is 1. The van der Waals surface area contributed by atoms with Gasteiger partial charge in [-0.15, -0.1) is 0 Å². The normalized spacial score (nSPS) is 10.8. The lowest BCUT2D eigenvalue weighted by molar-refractivity contribution is -0.133. The van der Waals surface area contributed by atoms with Crippen molar-refractivity contribution in [2.45, 2.75) is 39.9 Å². The number of hydrogen-bond donors (Lipinski definition) is 0. The number of amides is 1. The highest BCUT2D eigenvalue weighted by Crippen LogP contribution is 2.18. The Labute approximate surface area is 205 Å². The van der Waals surface area contributed by atoms with Gasteiger partial charge in [-0.2, -0.15) is 5.10 Å². The summed E-state index contributed by atoms with van der Waals surface area (Å²) in [5, 5.41) is 4.44. The first-order valence-electron chi connectivity index (χ1n) is 11.6. The molecule has 0 bridgehead atoms. The molecule has 4 rings (SSSR count). The van der Waals surface area contributed by atoms with Gasteiger partial charge in [0.1, 0.15) is 18.1 Å². The van der Waals surface area contributed by atoms with Crippen LogP contribution < -0.4 is 4.74 Å². The van der Waals surface area contributed by atoms with Crippen LogP contribution in [0.2, 0.25) is 0 Å². The van der Waals surface area contributed by atoms with Crippen molar-refractivity contribution in [1.82, 2.24) is 19.7 Å². The van der Waals surface area contributed by atoms with Gasteiger partial charge < -0.3 is 9.64 Å². The zero-order valence-corrected chi connectivity index (χ0v) is 20.0. The second kappa shape index (κ2) is 11.4. The SMILES string of the molecule is Cc1cc(C)n(CC(=O)N(Cc2ccncc2)Cc2cccc(OCCc3ccc(F)cc3)c2)n1. The van der Waals surface area contributed by atoms with Crippen molar-refractivity contribution in [2.75, 3.05) is 6.61 Å². The summed E-state index contributed by atoms with van der Waals surface area (Å²) in [4.78, 5) is 19.2. The average Bonchev–Trinajstić information content (AvgIpc) is 3.17. The van der Waals surface area contributed by atoms with Gasteiger partial charge in [-0.1, -0.05) is 24.3 Å². The van der Waals surface area contributed by atoms with Crippen molar-refractivity contribution in [3.8, 4) is 5.75 Å². The Hall–Kier alpha value is -4.00. The fourth-order valence-corrected chi connectivity index (χ4v) is 3.90. The lowest BCUT2D eigenvalue weighted by Gasteiger charge is -2.24. The van der Waals surface area contributed by atoms with Gasteiger partial charge in [-0.05, 0) is 73.0 Å². The van der Waals surface area contributed by atoms with Gasteiger partial charge in [0.2, 0.25) is 5.91 Å².